The molecule has 1 aliphatic rings. The van der Waals surface area contributed by atoms with Crippen LogP contribution in [0.5, 0.6) is 0 Å². The Kier molecular flexibility index (Phi) is 4.27. The number of carbonyl (C=O) groups is 1. The van der Waals surface area contributed by atoms with Gasteiger partial charge in [-0.05, 0) is 26.7 Å². The molecular formula is C11H20N4O. The van der Waals surface area contributed by atoms with Gasteiger partial charge in [-0.1, -0.05) is 0 Å². The van der Waals surface area contributed by atoms with Crippen LogP contribution in [-0.4, -0.2) is 29.9 Å². The third-order valence-corrected chi connectivity index (χ3v) is 2.92. The maximum absolute atomic E-state index is 11.6. The van der Waals surface area contributed by atoms with Crippen LogP contribution in [0.1, 0.15) is 33.1 Å². The highest BCUT2D eigenvalue weighted by molar-refractivity contribution is 5.81. The van der Waals surface area contributed by atoms with E-state index >= 15 is 0 Å². The molecule has 90 valence electrons. The van der Waals surface area contributed by atoms with E-state index in [0.29, 0.717) is 19.0 Å². The molecule has 0 aliphatic heterocycles. The van der Waals surface area contributed by atoms with Crippen LogP contribution >= 0.6 is 0 Å². The van der Waals surface area contributed by atoms with Gasteiger partial charge in [0.25, 0.3) is 0 Å². The summed E-state index contributed by atoms with van der Waals surface area (Å²) in [5, 5.41) is 8.60. The SMILES string of the molecule is CC(C)(CN(CCC#N)C1CC1)C(=O)NN. The van der Waals surface area contributed by atoms with E-state index in [1.165, 1.54) is 12.8 Å². The summed E-state index contributed by atoms with van der Waals surface area (Å²) in [4.78, 5) is 13.8. The van der Waals surface area contributed by atoms with Crippen LogP contribution < -0.4 is 11.3 Å². The Labute approximate surface area is 96.6 Å². The second-order valence-corrected chi connectivity index (χ2v) is 4.97. The molecule has 3 N–H and O–H groups in total. The molecule has 5 nitrogen and oxygen atoms in total. The standard InChI is InChI=1S/C11H20N4O/c1-11(2,10(16)14-13)8-15(7-3-6-12)9-4-5-9/h9H,3-5,7-8,13H2,1-2H3,(H,14,16). The predicted molar refractivity (Wildman–Crippen MR) is 60.9 cm³/mol. The number of nitrogens with one attached hydrogen (secondary N) is 1. The summed E-state index contributed by atoms with van der Waals surface area (Å²) in [5.41, 5.74) is 1.69. The van der Waals surface area contributed by atoms with Crippen LogP contribution in [0, 0.1) is 16.7 Å². The minimum atomic E-state index is -0.507. The highest BCUT2D eigenvalue weighted by Gasteiger charge is 2.35. The molecule has 0 unspecified atom stereocenters. The molecule has 0 aromatic rings. The number of hydrogen-bond acceptors (Lipinski definition) is 4. The van der Waals surface area contributed by atoms with Crippen LogP contribution in [-0.2, 0) is 4.79 Å². The highest BCUT2D eigenvalue weighted by Crippen LogP contribution is 2.30. The van der Waals surface area contributed by atoms with E-state index in [9.17, 15) is 4.79 Å². The second kappa shape index (κ2) is 5.28. The van der Waals surface area contributed by atoms with Gasteiger partial charge in [0.2, 0.25) is 5.91 Å². The molecular weight excluding hydrogens is 204 g/mol. The Morgan fingerprint density at radius 2 is 2.25 bits per heavy atom. The molecule has 1 amide bonds. The normalized spacial score (nSPS) is 15.9. The molecule has 0 aromatic carbocycles. The van der Waals surface area contributed by atoms with Crippen LogP contribution in [0.3, 0.4) is 0 Å². The van der Waals surface area contributed by atoms with Crippen molar-refractivity contribution in [3.63, 3.8) is 0 Å². The van der Waals surface area contributed by atoms with Crippen molar-refractivity contribution in [2.75, 3.05) is 13.1 Å². The molecule has 0 saturated heterocycles. The number of nitrogens with zero attached hydrogens (tertiary/aromatic N) is 2. The van der Waals surface area contributed by atoms with Gasteiger partial charge in [0.1, 0.15) is 0 Å². The number of hydrazine groups is 1. The quantitative estimate of drug-likeness (QED) is 0.388. The molecule has 5 heteroatoms. The predicted octanol–water partition coefficient (Wildman–Crippen LogP) is 0.381. The van der Waals surface area contributed by atoms with E-state index in [4.69, 9.17) is 11.1 Å². The molecule has 1 saturated carbocycles. The maximum atomic E-state index is 11.6. The number of nitrogens with two attached hydrogens (primary N) is 1. The minimum Gasteiger partial charge on any atom is -0.298 e. The van der Waals surface area contributed by atoms with Crippen LogP contribution in [0.4, 0.5) is 0 Å². The topological polar surface area (TPSA) is 82.2 Å². The lowest BCUT2D eigenvalue weighted by atomic mass is 9.91. The van der Waals surface area contributed by atoms with Crippen molar-refractivity contribution in [3.05, 3.63) is 0 Å². The van der Waals surface area contributed by atoms with Gasteiger partial charge in [-0.2, -0.15) is 5.26 Å². The summed E-state index contributed by atoms with van der Waals surface area (Å²) in [5.74, 6) is 5.00. The molecule has 0 aromatic heterocycles. The lowest BCUT2D eigenvalue weighted by Gasteiger charge is -2.30. The number of carbonyl (C=O) groups excluding carboxylic acids is 1. The van der Waals surface area contributed by atoms with Gasteiger partial charge >= 0.3 is 0 Å². The van der Waals surface area contributed by atoms with Crippen molar-refractivity contribution in [2.24, 2.45) is 11.3 Å². The van der Waals surface area contributed by atoms with Gasteiger partial charge in [0.05, 0.1) is 11.5 Å². The van der Waals surface area contributed by atoms with Crippen molar-refractivity contribution >= 4 is 5.91 Å². The molecule has 1 rings (SSSR count). The second-order valence-electron chi connectivity index (χ2n) is 4.97. The van der Waals surface area contributed by atoms with Crippen molar-refractivity contribution in [3.8, 4) is 6.07 Å². The monoisotopic (exact) mass is 224 g/mol. The van der Waals surface area contributed by atoms with Crippen LogP contribution in [0.25, 0.3) is 0 Å². The fraction of sp³-hybridized carbons (Fsp3) is 0.818. The first-order valence-electron chi connectivity index (χ1n) is 5.63. The summed E-state index contributed by atoms with van der Waals surface area (Å²) in [6, 6.07) is 2.70. The van der Waals surface area contributed by atoms with Crippen molar-refractivity contribution in [1.82, 2.24) is 10.3 Å². The lowest BCUT2D eigenvalue weighted by molar-refractivity contribution is -0.130. The van der Waals surface area contributed by atoms with E-state index in [2.05, 4.69) is 16.4 Å². The van der Waals surface area contributed by atoms with E-state index in [-0.39, 0.29) is 5.91 Å². The Bertz CT molecular complexity index is 291. The highest BCUT2D eigenvalue weighted by atomic mass is 16.2. The summed E-state index contributed by atoms with van der Waals surface area (Å²) < 4.78 is 0. The molecule has 0 radical (unpaired) electrons. The molecule has 1 aliphatic carbocycles. The maximum Gasteiger partial charge on any atom is 0.240 e. The summed E-state index contributed by atoms with van der Waals surface area (Å²) in [7, 11) is 0. The number of hydrogen-bond donors (Lipinski definition) is 2. The van der Waals surface area contributed by atoms with E-state index in [0.717, 1.165) is 6.54 Å². The van der Waals surface area contributed by atoms with E-state index in [1.54, 1.807) is 0 Å². The summed E-state index contributed by atoms with van der Waals surface area (Å²) >= 11 is 0. The average Bonchev–Trinajstić information content (AvgIpc) is 3.06. The van der Waals surface area contributed by atoms with Gasteiger partial charge in [-0.15, -0.1) is 0 Å². The zero-order valence-electron chi connectivity index (χ0n) is 9.99. The van der Waals surface area contributed by atoms with Crippen LogP contribution in [0.2, 0.25) is 0 Å². The smallest absolute Gasteiger partial charge is 0.240 e. The third-order valence-electron chi connectivity index (χ3n) is 2.92. The third kappa shape index (κ3) is 3.47. The fourth-order valence-corrected chi connectivity index (χ4v) is 1.80. The van der Waals surface area contributed by atoms with Crippen LogP contribution in [0.15, 0.2) is 0 Å². The molecule has 1 fully saturated rings. The minimum absolute atomic E-state index is 0.157. The number of nitriles is 1. The molecule has 0 atom stereocenters. The van der Waals surface area contributed by atoms with Crippen molar-refractivity contribution < 1.29 is 4.79 Å². The van der Waals surface area contributed by atoms with Gasteiger partial charge in [-0.3, -0.25) is 15.1 Å². The Balaban J connectivity index is 2.53. The number of amides is 1. The first kappa shape index (κ1) is 12.9. The Morgan fingerprint density at radius 1 is 1.62 bits per heavy atom. The first-order chi connectivity index (χ1) is 7.51. The first-order valence-corrected chi connectivity index (χ1v) is 5.63. The Hall–Kier alpha value is -1.12. The zero-order chi connectivity index (χ0) is 12.2. The molecule has 16 heavy (non-hydrogen) atoms. The van der Waals surface area contributed by atoms with Gasteiger partial charge < -0.3 is 0 Å². The van der Waals surface area contributed by atoms with Gasteiger partial charge in [0.15, 0.2) is 0 Å². The molecule has 0 spiro atoms. The number of rotatable bonds is 6. The Morgan fingerprint density at radius 3 is 2.69 bits per heavy atom. The summed E-state index contributed by atoms with van der Waals surface area (Å²) in [6.45, 7) is 5.14. The van der Waals surface area contributed by atoms with Gasteiger partial charge in [-0.25, -0.2) is 5.84 Å². The summed E-state index contributed by atoms with van der Waals surface area (Å²) in [6.07, 6.45) is 2.86. The largest absolute Gasteiger partial charge is 0.298 e. The average molecular weight is 224 g/mol. The van der Waals surface area contributed by atoms with Gasteiger partial charge in [0, 0.05) is 25.6 Å². The van der Waals surface area contributed by atoms with E-state index < -0.39 is 5.41 Å². The fourth-order valence-electron chi connectivity index (χ4n) is 1.80. The van der Waals surface area contributed by atoms with Crippen molar-refractivity contribution in [1.29, 1.82) is 5.26 Å². The molecule has 0 bridgehead atoms. The van der Waals surface area contributed by atoms with E-state index in [1.807, 2.05) is 13.8 Å². The lowest BCUT2D eigenvalue weighted by Crippen LogP contribution is -2.48. The van der Waals surface area contributed by atoms with Crippen molar-refractivity contribution in [2.45, 2.75) is 39.2 Å². The molecule has 0 heterocycles. The zero-order valence-corrected chi connectivity index (χ0v) is 9.99.